The number of ether oxygens (including phenoxy) is 1. The van der Waals surface area contributed by atoms with Crippen LogP contribution in [0.25, 0.3) is 0 Å². The normalized spacial score (nSPS) is 10.2. The Morgan fingerprint density at radius 1 is 1.37 bits per heavy atom. The highest BCUT2D eigenvalue weighted by Gasteiger charge is 2.17. The van der Waals surface area contributed by atoms with Gasteiger partial charge in [0.05, 0.1) is 11.9 Å². The molecule has 0 unspecified atom stereocenters. The van der Waals surface area contributed by atoms with Crippen LogP contribution >= 0.6 is 0 Å². The van der Waals surface area contributed by atoms with E-state index in [1.807, 2.05) is 0 Å². The van der Waals surface area contributed by atoms with Gasteiger partial charge in [0.2, 0.25) is 11.7 Å². The fourth-order valence-corrected chi connectivity index (χ4v) is 1.37. The molecular weight excluding hydrogens is 258 g/mol. The number of aromatic carboxylic acids is 1. The van der Waals surface area contributed by atoms with Crippen LogP contribution in [0.1, 0.15) is 10.4 Å². The lowest BCUT2D eigenvalue weighted by Gasteiger charge is -2.09. The van der Waals surface area contributed by atoms with Crippen LogP contribution < -0.4 is 10.5 Å². The highest BCUT2D eigenvalue weighted by Crippen LogP contribution is 2.27. The third kappa shape index (κ3) is 2.59. The molecule has 0 aliphatic carbocycles. The number of anilines is 1. The molecule has 0 saturated heterocycles. The van der Waals surface area contributed by atoms with Gasteiger partial charge in [-0.05, 0) is 18.2 Å². The van der Waals surface area contributed by atoms with Gasteiger partial charge in [-0.1, -0.05) is 6.07 Å². The summed E-state index contributed by atoms with van der Waals surface area (Å²) in [5, 5.41) is 8.95. The highest BCUT2D eigenvalue weighted by atomic mass is 19.2. The zero-order valence-electron chi connectivity index (χ0n) is 9.43. The summed E-state index contributed by atoms with van der Waals surface area (Å²) < 4.78 is 31.4. The minimum absolute atomic E-state index is 0.115. The summed E-state index contributed by atoms with van der Waals surface area (Å²) in [4.78, 5) is 14.6. The van der Waals surface area contributed by atoms with Crippen LogP contribution in [-0.2, 0) is 0 Å². The Labute approximate surface area is 106 Å². The predicted octanol–water partition coefficient (Wildman–Crippen LogP) is 2.43. The summed E-state index contributed by atoms with van der Waals surface area (Å²) >= 11 is 0. The lowest BCUT2D eigenvalue weighted by atomic mass is 10.2. The first kappa shape index (κ1) is 12.7. The molecule has 0 radical (unpaired) electrons. The summed E-state index contributed by atoms with van der Waals surface area (Å²) in [6, 6.07) is 4.41. The van der Waals surface area contributed by atoms with Gasteiger partial charge in [-0.15, -0.1) is 0 Å². The number of hydrogen-bond acceptors (Lipinski definition) is 4. The van der Waals surface area contributed by atoms with E-state index in [-0.39, 0.29) is 17.1 Å². The third-order valence-corrected chi connectivity index (χ3v) is 2.23. The summed E-state index contributed by atoms with van der Waals surface area (Å²) in [6.07, 6.45) is 1.15. The molecule has 19 heavy (non-hydrogen) atoms. The first-order valence-electron chi connectivity index (χ1n) is 5.09. The molecule has 0 saturated carbocycles. The second kappa shape index (κ2) is 4.89. The fourth-order valence-electron chi connectivity index (χ4n) is 1.37. The van der Waals surface area contributed by atoms with Crippen LogP contribution in [0, 0.1) is 11.6 Å². The number of rotatable bonds is 3. The van der Waals surface area contributed by atoms with E-state index in [2.05, 4.69) is 4.98 Å². The molecule has 2 rings (SSSR count). The van der Waals surface area contributed by atoms with E-state index in [0.717, 1.165) is 24.4 Å². The molecule has 1 aromatic carbocycles. The molecule has 0 bridgehead atoms. The smallest absolute Gasteiger partial charge is 0.341 e. The van der Waals surface area contributed by atoms with Crippen molar-refractivity contribution in [1.29, 1.82) is 0 Å². The SMILES string of the molecule is Nc1cnc(Oc2cccc(F)c2F)c(C(=O)O)c1. The van der Waals surface area contributed by atoms with E-state index < -0.39 is 23.4 Å². The Balaban J connectivity index is 2.44. The lowest BCUT2D eigenvalue weighted by molar-refractivity contribution is 0.0693. The first-order chi connectivity index (χ1) is 8.99. The largest absolute Gasteiger partial charge is 0.477 e. The molecular formula is C12H8F2N2O3. The third-order valence-electron chi connectivity index (χ3n) is 2.23. The van der Waals surface area contributed by atoms with Crippen molar-refractivity contribution in [2.24, 2.45) is 0 Å². The average Bonchev–Trinajstić information content (AvgIpc) is 2.36. The lowest BCUT2D eigenvalue weighted by Crippen LogP contribution is -2.04. The Morgan fingerprint density at radius 3 is 2.79 bits per heavy atom. The number of carboxylic acid groups (broad SMARTS) is 1. The summed E-state index contributed by atoms with van der Waals surface area (Å²) in [6.45, 7) is 0. The standard InChI is InChI=1S/C12H8F2N2O3/c13-8-2-1-3-9(10(8)14)19-11-7(12(17)18)4-6(15)5-16-11/h1-5H,15H2,(H,17,18). The summed E-state index contributed by atoms with van der Waals surface area (Å²) in [7, 11) is 0. The van der Waals surface area contributed by atoms with Gasteiger partial charge in [-0.3, -0.25) is 0 Å². The predicted molar refractivity (Wildman–Crippen MR) is 62.0 cm³/mol. The topological polar surface area (TPSA) is 85.4 Å². The van der Waals surface area contributed by atoms with E-state index in [4.69, 9.17) is 15.6 Å². The van der Waals surface area contributed by atoms with E-state index in [9.17, 15) is 13.6 Å². The van der Waals surface area contributed by atoms with Crippen LogP contribution in [0.3, 0.4) is 0 Å². The number of nitrogens with two attached hydrogens (primary N) is 1. The Kier molecular flexibility index (Phi) is 3.28. The molecule has 0 aliphatic heterocycles. The molecule has 0 spiro atoms. The minimum atomic E-state index is -1.34. The van der Waals surface area contributed by atoms with E-state index in [0.29, 0.717) is 0 Å². The summed E-state index contributed by atoms with van der Waals surface area (Å²) in [5.74, 6) is -4.50. The van der Waals surface area contributed by atoms with Gasteiger partial charge in [-0.25, -0.2) is 14.2 Å². The Morgan fingerprint density at radius 2 is 2.11 bits per heavy atom. The maximum atomic E-state index is 13.4. The van der Waals surface area contributed by atoms with Crippen molar-refractivity contribution < 1.29 is 23.4 Å². The zero-order chi connectivity index (χ0) is 14.0. The van der Waals surface area contributed by atoms with Crippen LogP contribution in [0.4, 0.5) is 14.5 Å². The van der Waals surface area contributed by atoms with Crippen LogP contribution in [0.2, 0.25) is 0 Å². The summed E-state index contributed by atoms with van der Waals surface area (Å²) in [5.41, 5.74) is 5.17. The first-order valence-corrected chi connectivity index (χ1v) is 5.09. The highest BCUT2D eigenvalue weighted by molar-refractivity contribution is 5.91. The molecule has 3 N–H and O–H groups in total. The van der Waals surface area contributed by atoms with Crippen LogP contribution in [0.15, 0.2) is 30.5 Å². The maximum absolute atomic E-state index is 13.4. The number of carboxylic acids is 1. The molecule has 2 aromatic rings. The molecule has 0 atom stereocenters. The Bertz CT molecular complexity index is 647. The number of benzene rings is 1. The fraction of sp³-hybridized carbons (Fsp3) is 0. The molecule has 0 amide bonds. The maximum Gasteiger partial charge on any atom is 0.341 e. The van der Waals surface area contributed by atoms with E-state index in [1.54, 1.807) is 0 Å². The number of halogens is 2. The molecule has 1 aromatic heterocycles. The number of hydrogen-bond donors (Lipinski definition) is 2. The van der Waals surface area contributed by atoms with Gasteiger partial charge in [0.1, 0.15) is 5.56 Å². The quantitative estimate of drug-likeness (QED) is 0.891. The van der Waals surface area contributed by atoms with Crippen molar-refractivity contribution in [3.05, 3.63) is 47.7 Å². The monoisotopic (exact) mass is 266 g/mol. The van der Waals surface area contributed by atoms with Crippen LogP contribution in [-0.4, -0.2) is 16.1 Å². The molecule has 0 aliphatic rings. The van der Waals surface area contributed by atoms with Crippen molar-refractivity contribution in [2.45, 2.75) is 0 Å². The van der Waals surface area contributed by atoms with Gasteiger partial charge >= 0.3 is 5.97 Å². The van der Waals surface area contributed by atoms with Crippen LogP contribution in [0.5, 0.6) is 11.6 Å². The second-order valence-electron chi connectivity index (χ2n) is 3.58. The van der Waals surface area contributed by atoms with Crippen molar-refractivity contribution >= 4 is 11.7 Å². The molecule has 0 fully saturated rings. The number of nitrogen functional groups attached to an aromatic ring is 1. The van der Waals surface area contributed by atoms with Crippen molar-refractivity contribution in [3.63, 3.8) is 0 Å². The Hall–Kier alpha value is -2.70. The van der Waals surface area contributed by atoms with Crippen molar-refractivity contribution in [2.75, 3.05) is 5.73 Å². The molecule has 7 heteroatoms. The van der Waals surface area contributed by atoms with Gasteiger partial charge < -0.3 is 15.6 Å². The van der Waals surface area contributed by atoms with Gasteiger partial charge in [-0.2, -0.15) is 4.39 Å². The van der Waals surface area contributed by atoms with Gasteiger partial charge in [0, 0.05) is 0 Å². The second-order valence-corrected chi connectivity index (χ2v) is 3.58. The van der Waals surface area contributed by atoms with Gasteiger partial charge in [0.25, 0.3) is 0 Å². The minimum Gasteiger partial charge on any atom is -0.477 e. The van der Waals surface area contributed by atoms with Crippen molar-refractivity contribution in [3.8, 4) is 11.6 Å². The molecule has 5 nitrogen and oxygen atoms in total. The zero-order valence-corrected chi connectivity index (χ0v) is 9.43. The van der Waals surface area contributed by atoms with Gasteiger partial charge in [0.15, 0.2) is 11.6 Å². The van der Waals surface area contributed by atoms with E-state index >= 15 is 0 Å². The molecule has 1 heterocycles. The molecule has 98 valence electrons. The number of nitrogens with zero attached hydrogens (tertiary/aromatic N) is 1. The number of pyridine rings is 1. The van der Waals surface area contributed by atoms with Crippen molar-refractivity contribution in [1.82, 2.24) is 4.98 Å². The number of carbonyl (C=O) groups is 1. The number of aromatic nitrogens is 1. The van der Waals surface area contributed by atoms with E-state index in [1.165, 1.54) is 6.07 Å². The average molecular weight is 266 g/mol.